The highest BCUT2D eigenvalue weighted by molar-refractivity contribution is 6.00. The number of amides is 2. The molecule has 0 spiro atoms. The van der Waals surface area contributed by atoms with Gasteiger partial charge < -0.3 is 10.2 Å². The average Bonchev–Trinajstić information content (AvgIpc) is 3.22. The van der Waals surface area contributed by atoms with E-state index in [2.05, 4.69) is 22.1 Å². The molecule has 3 heterocycles. The van der Waals surface area contributed by atoms with E-state index in [1.165, 1.54) is 11.0 Å². The van der Waals surface area contributed by atoms with E-state index in [-0.39, 0.29) is 11.8 Å². The van der Waals surface area contributed by atoms with Gasteiger partial charge in [-0.1, -0.05) is 30.8 Å². The van der Waals surface area contributed by atoms with Crippen LogP contribution < -0.4 is 5.32 Å². The van der Waals surface area contributed by atoms with Gasteiger partial charge in [-0.3, -0.25) is 14.0 Å². The zero-order chi connectivity index (χ0) is 19.1. The number of nitrogens with one attached hydrogen (secondary N) is 1. The number of aromatic nitrogens is 3. The van der Waals surface area contributed by atoms with Gasteiger partial charge in [-0.2, -0.15) is 0 Å². The molecule has 4 rings (SSSR count). The minimum absolute atomic E-state index is 0.264. The van der Waals surface area contributed by atoms with E-state index < -0.39 is 6.04 Å². The van der Waals surface area contributed by atoms with Crippen molar-refractivity contribution in [3.63, 3.8) is 0 Å². The third-order valence-corrected chi connectivity index (χ3v) is 4.83. The van der Waals surface area contributed by atoms with Crippen molar-refractivity contribution in [2.45, 2.75) is 26.4 Å². The quantitative estimate of drug-likeness (QED) is 0.727. The van der Waals surface area contributed by atoms with E-state index in [1.807, 2.05) is 48.6 Å². The minimum Gasteiger partial charge on any atom is -0.323 e. The molecule has 0 saturated heterocycles. The Bertz CT molecular complexity index is 1090. The molecule has 136 valence electrons. The van der Waals surface area contributed by atoms with Crippen LogP contribution in [0.3, 0.4) is 0 Å². The molecule has 1 N–H and O–H groups in total. The fraction of sp³-hybridized carbons (Fsp3) is 0.200. The van der Waals surface area contributed by atoms with Gasteiger partial charge in [0.15, 0.2) is 5.65 Å². The summed E-state index contributed by atoms with van der Waals surface area (Å²) in [6, 6.07) is 8.75. The third-order valence-electron chi connectivity index (χ3n) is 4.83. The standard InChI is InChI=1S/C20H19N5O2/c1-4-17(26)25-10-14-7-5-6-8-16(14)18(25)20(27)21-15-9-12(2)19-23-22-13(3)24(19)11-15/h4-9,11,18H,1,10H2,2-3H3,(H,21,27). The highest BCUT2D eigenvalue weighted by atomic mass is 16.2. The Balaban J connectivity index is 1.70. The van der Waals surface area contributed by atoms with Crippen LogP contribution in [0.15, 0.2) is 49.2 Å². The van der Waals surface area contributed by atoms with Gasteiger partial charge in [-0.25, -0.2) is 0 Å². The van der Waals surface area contributed by atoms with Crippen LogP contribution >= 0.6 is 0 Å². The minimum atomic E-state index is -0.690. The maximum Gasteiger partial charge on any atom is 0.251 e. The summed E-state index contributed by atoms with van der Waals surface area (Å²) in [5, 5.41) is 11.1. The highest BCUT2D eigenvalue weighted by Gasteiger charge is 2.37. The third kappa shape index (κ3) is 2.77. The number of anilines is 1. The molecule has 2 aromatic heterocycles. The second-order valence-corrected chi connectivity index (χ2v) is 6.61. The van der Waals surface area contributed by atoms with E-state index in [0.717, 1.165) is 28.2 Å². The molecule has 0 bridgehead atoms. The molecule has 1 aliphatic rings. The lowest BCUT2D eigenvalue weighted by Gasteiger charge is -2.23. The van der Waals surface area contributed by atoms with E-state index >= 15 is 0 Å². The van der Waals surface area contributed by atoms with E-state index in [1.54, 1.807) is 6.20 Å². The Hall–Kier alpha value is -3.48. The molecular formula is C20H19N5O2. The first kappa shape index (κ1) is 17.0. The van der Waals surface area contributed by atoms with Crippen molar-refractivity contribution in [2.75, 3.05) is 5.32 Å². The van der Waals surface area contributed by atoms with Gasteiger partial charge in [0.05, 0.1) is 5.69 Å². The van der Waals surface area contributed by atoms with Gasteiger partial charge in [-0.15, -0.1) is 10.2 Å². The first-order valence-corrected chi connectivity index (χ1v) is 8.63. The SMILES string of the molecule is C=CC(=O)N1Cc2ccccc2C1C(=O)Nc1cc(C)c2nnc(C)n2c1. The van der Waals surface area contributed by atoms with Crippen LogP contribution in [0.1, 0.15) is 28.6 Å². The number of hydrogen-bond donors (Lipinski definition) is 1. The van der Waals surface area contributed by atoms with Gasteiger partial charge in [-0.05, 0) is 42.7 Å². The summed E-state index contributed by atoms with van der Waals surface area (Å²) >= 11 is 0. The van der Waals surface area contributed by atoms with Gasteiger partial charge >= 0.3 is 0 Å². The second kappa shape index (κ2) is 6.35. The van der Waals surface area contributed by atoms with Crippen molar-refractivity contribution in [3.05, 3.63) is 71.7 Å². The number of pyridine rings is 1. The first-order valence-electron chi connectivity index (χ1n) is 8.63. The van der Waals surface area contributed by atoms with Crippen LogP contribution in [0.4, 0.5) is 5.69 Å². The van der Waals surface area contributed by atoms with Crippen molar-refractivity contribution in [1.82, 2.24) is 19.5 Å². The zero-order valence-electron chi connectivity index (χ0n) is 15.1. The van der Waals surface area contributed by atoms with Crippen molar-refractivity contribution in [2.24, 2.45) is 0 Å². The molecule has 7 heteroatoms. The zero-order valence-corrected chi connectivity index (χ0v) is 15.1. The van der Waals surface area contributed by atoms with E-state index in [9.17, 15) is 9.59 Å². The number of carbonyl (C=O) groups is 2. The predicted molar refractivity (Wildman–Crippen MR) is 101 cm³/mol. The summed E-state index contributed by atoms with van der Waals surface area (Å²) in [4.78, 5) is 26.9. The fourth-order valence-electron chi connectivity index (χ4n) is 3.54. The molecule has 3 aromatic rings. The molecule has 1 aliphatic heterocycles. The fourth-order valence-corrected chi connectivity index (χ4v) is 3.54. The van der Waals surface area contributed by atoms with E-state index in [0.29, 0.717) is 12.2 Å². The summed E-state index contributed by atoms with van der Waals surface area (Å²) in [6.45, 7) is 7.71. The number of rotatable bonds is 3. The lowest BCUT2D eigenvalue weighted by Crippen LogP contribution is -2.35. The van der Waals surface area contributed by atoms with Gasteiger partial charge in [0.2, 0.25) is 5.91 Å². The molecule has 1 atom stereocenters. The number of carbonyl (C=O) groups excluding carboxylic acids is 2. The van der Waals surface area contributed by atoms with Crippen LogP contribution in [0.25, 0.3) is 5.65 Å². The van der Waals surface area contributed by atoms with E-state index in [4.69, 9.17) is 0 Å². The number of nitrogens with zero attached hydrogens (tertiary/aromatic N) is 4. The molecule has 27 heavy (non-hydrogen) atoms. The summed E-state index contributed by atoms with van der Waals surface area (Å²) in [5.41, 5.74) is 4.08. The molecule has 1 unspecified atom stereocenters. The van der Waals surface area contributed by atoms with Crippen LogP contribution in [0.5, 0.6) is 0 Å². The summed E-state index contributed by atoms with van der Waals surface area (Å²) in [7, 11) is 0. The summed E-state index contributed by atoms with van der Waals surface area (Å²) in [5.74, 6) is 0.200. The van der Waals surface area contributed by atoms with Crippen molar-refractivity contribution >= 4 is 23.1 Å². The number of aryl methyl sites for hydroxylation is 2. The second-order valence-electron chi connectivity index (χ2n) is 6.61. The molecule has 0 radical (unpaired) electrons. The van der Waals surface area contributed by atoms with Crippen LogP contribution in [-0.4, -0.2) is 31.3 Å². The Morgan fingerprint density at radius 1 is 1.26 bits per heavy atom. The topological polar surface area (TPSA) is 79.6 Å². The Morgan fingerprint density at radius 2 is 2.04 bits per heavy atom. The van der Waals surface area contributed by atoms with Gasteiger partial charge in [0.25, 0.3) is 5.91 Å². The Kier molecular flexibility index (Phi) is 3.99. The van der Waals surface area contributed by atoms with Gasteiger partial charge in [0, 0.05) is 12.7 Å². The van der Waals surface area contributed by atoms with Gasteiger partial charge in [0.1, 0.15) is 11.9 Å². The molecule has 0 fully saturated rings. The molecule has 2 amide bonds. The number of fused-ring (bicyclic) bond motifs is 2. The molecule has 1 aromatic carbocycles. The monoisotopic (exact) mass is 361 g/mol. The Morgan fingerprint density at radius 3 is 2.81 bits per heavy atom. The highest BCUT2D eigenvalue weighted by Crippen LogP contribution is 2.34. The van der Waals surface area contributed by atoms with Crippen LogP contribution in [0.2, 0.25) is 0 Å². The van der Waals surface area contributed by atoms with Crippen molar-refractivity contribution in [1.29, 1.82) is 0 Å². The maximum absolute atomic E-state index is 13.1. The smallest absolute Gasteiger partial charge is 0.251 e. The Labute approximate surface area is 156 Å². The predicted octanol–water partition coefficient (Wildman–Crippen LogP) is 2.55. The maximum atomic E-state index is 13.1. The van der Waals surface area contributed by atoms with Crippen LogP contribution in [-0.2, 0) is 16.1 Å². The lowest BCUT2D eigenvalue weighted by molar-refractivity contribution is -0.134. The van der Waals surface area contributed by atoms with Crippen molar-refractivity contribution in [3.8, 4) is 0 Å². The molecule has 0 saturated carbocycles. The summed E-state index contributed by atoms with van der Waals surface area (Å²) < 4.78 is 1.83. The number of hydrogen-bond acceptors (Lipinski definition) is 4. The normalized spacial score (nSPS) is 15.6. The van der Waals surface area contributed by atoms with Crippen LogP contribution in [0, 0.1) is 13.8 Å². The molecule has 7 nitrogen and oxygen atoms in total. The average molecular weight is 361 g/mol. The largest absolute Gasteiger partial charge is 0.323 e. The molecule has 0 aliphatic carbocycles. The van der Waals surface area contributed by atoms with Crippen molar-refractivity contribution < 1.29 is 9.59 Å². The summed E-state index contributed by atoms with van der Waals surface area (Å²) in [6.07, 6.45) is 3.03. The number of benzene rings is 1. The lowest BCUT2D eigenvalue weighted by atomic mass is 10.0. The molecular weight excluding hydrogens is 342 g/mol. The first-order chi connectivity index (χ1) is 13.0.